The molecule has 0 saturated carbocycles. The lowest BCUT2D eigenvalue weighted by Gasteiger charge is -2.23. The second kappa shape index (κ2) is 5.82. The Hall–Kier alpha value is -1.91. The van der Waals surface area contributed by atoms with E-state index in [-0.39, 0.29) is 18.4 Å². The highest BCUT2D eigenvalue weighted by Gasteiger charge is 2.30. The van der Waals surface area contributed by atoms with Crippen LogP contribution in [0.3, 0.4) is 0 Å². The van der Waals surface area contributed by atoms with Gasteiger partial charge in [0, 0.05) is 24.5 Å². The SMILES string of the molecule is Cc1ccc(CC(=O)N2CCCC2CC(=O)O)cn1. The molecule has 102 valence electrons. The molecule has 5 heteroatoms. The first-order chi connectivity index (χ1) is 9.06. The van der Waals surface area contributed by atoms with Gasteiger partial charge in [0.05, 0.1) is 12.8 Å². The predicted molar refractivity (Wildman–Crippen MR) is 69.7 cm³/mol. The number of likely N-dealkylation sites (tertiary alicyclic amines) is 1. The minimum atomic E-state index is -0.846. The summed E-state index contributed by atoms with van der Waals surface area (Å²) in [5, 5.41) is 8.85. The smallest absolute Gasteiger partial charge is 0.305 e. The molecule has 1 N–H and O–H groups in total. The van der Waals surface area contributed by atoms with Crippen molar-refractivity contribution < 1.29 is 14.7 Å². The quantitative estimate of drug-likeness (QED) is 0.890. The Balaban J connectivity index is 1.98. The van der Waals surface area contributed by atoms with E-state index >= 15 is 0 Å². The number of carbonyl (C=O) groups is 2. The fraction of sp³-hybridized carbons (Fsp3) is 0.500. The third-order valence-electron chi connectivity index (χ3n) is 3.44. The Morgan fingerprint density at radius 1 is 1.47 bits per heavy atom. The highest BCUT2D eigenvalue weighted by Crippen LogP contribution is 2.21. The zero-order valence-electron chi connectivity index (χ0n) is 11.0. The molecule has 0 radical (unpaired) electrons. The van der Waals surface area contributed by atoms with Crippen LogP contribution in [-0.4, -0.2) is 39.5 Å². The number of pyridine rings is 1. The van der Waals surface area contributed by atoms with Crippen molar-refractivity contribution in [3.63, 3.8) is 0 Å². The van der Waals surface area contributed by atoms with Crippen LogP contribution in [0.1, 0.15) is 30.5 Å². The molecule has 0 aromatic carbocycles. The lowest BCUT2D eigenvalue weighted by Crippen LogP contribution is -2.37. The van der Waals surface area contributed by atoms with Crippen LogP contribution in [0.25, 0.3) is 0 Å². The molecular formula is C14H18N2O3. The number of hydrogen-bond acceptors (Lipinski definition) is 3. The standard InChI is InChI=1S/C14H18N2O3/c1-10-4-5-11(9-15-10)7-13(17)16-6-2-3-12(16)8-14(18)19/h4-5,9,12H,2-3,6-8H2,1H3,(H,18,19). The summed E-state index contributed by atoms with van der Waals surface area (Å²) < 4.78 is 0. The molecule has 1 aromatic rings. The van der Waals surface area contributed by atoms with Crippen molar-refractivity contribution >= 4 is 11.9 Å². The van der Waals surface area contributed by atoms with Gasteiger partial charge in [0.1, 0.15) is 0 Å². The number of carbonyl (C=O) groups excluding carboxylic acids is 1. The van der Waals surface area contributed by atoms with Gasteiger partial charge in [-0.05, 0) is 31.4 Å². The van der Waals surface area contributed by atoms with Crippen LogP contribution in [0.2, 0.25) is 0 Å². The van der Waals surface area contributed by atoms with E-state index < -0.39 is 5.97 Å². The van der Waals surface area contributed by atoms with Crippen molar-refractivity contribution in [3.05, 3.63) is 29.6 Å². The van der Waals surface area contributed by atoms with Crippen LogP contribution in [0.15, 0.2) is 18.3 Å². The Labute approximate surface area is 112 Å². The number of hydrogen-bond donors (Lipinski definition) is 1. The van der Waals surface area contributed by atoms with E-state index in [1.54, 1.807) is 11.1 Å². The lowest BCUT2D eigenvalue weighted by atomic mass is 10.1. The number of amides is 1. The lowest BCUT2D eigenvalue weighted by molar-refractivity contribution is -0.139. The second-order valence-corrected chi connectivity index (χ2v) is 4.97. The minimum absolute atomic E-state index is 0.00518. The van der Waals surface area contributed by atoms with Gasteiger partial charge in [-0.1, -0.05) is 6.07 Å². The molecule has 0 spiro atoms. The van der Waals surface area contributed by atoms with E-state index in [0.29, 0.717) is 13.0 Å². The fourth-order valence-electron chi connectivity index (χ4n) is 2.46. The maximum atomic E-state index is 12.2. The van der Waals surface area contributed by atoms with Crippen molar-refractivity contribution in [2.45, 2.75) is 38.6 Å². The van der Waals surface area contributed by atoms with E-state index in [1.807, 2.05) is 19.1 Å². The van der Waals surface area contributed by atoms with Crippen LogP contribution in [-0.2, 0) is 16.0 Å². The molecule has 1 aromatic heterocycles. The molecule has 5 nitrogen and oxygen atoms in total. The van der Waals surface area contributed by atoms with E-state index in [9.17, 15) is 9.59 Å². The van der Waals surface area contributed by atoms with Crippen LogP contribution in [0.4, 0.5) is 0 Å². The molecular weight excluding hydrogens is 244 g/mol. The highest BCUT2D eigenvalue weighted by atomic mass is 16.4. The Kier molecular flexibility index (Phi) is 4.14. The molecule has 2 rings (SSSR count). The first-order valence-corrected chi connectivity index (χ1v) is 6.49. The molecule has 1 amide bonds. The third kappa shape index (κ3) is 3.53. The summed E-state index contributed by atoms with van der Waals surface area (Å²) in [6.45, 7) is 2.56. The number of aromatic nitrogens is 1. The Morgan fingerprint density at radius 2 is 2.26 bits per heavy atom. The van der Waals surface area contributed by atoms with Gasteiger partial charge in [-0.25, -0.2) is 0 Å². The molecule has 1 aliphatic heterocycles. The number of rotatable bonds is 4. The summed E-state index contributed by atoms with van der Waals surface area (Å²) in [4.78, 5) is 28.8. The highest BCUT2D eigenvalue weighted by molar-refractivity contribution is 5.80. The molecule has 1 fully saturated rings. The molecule has 1 aliphatic rings. The molecule has 1 atom stereocenters. The summed E-state index contributed by atoms with van der Waals surface area (Å²) in [6, 6.07) is 3.62. The van der Waals surface area contributed by atoms with Gasteiger partial charge < -0.3 is 10.0 Å². The van der Waals surface area contributed by atoms with Crippen LogP contribution in [0.5, 0.6) is 0 Å². The van der Waals surface area contributed by atoms with Crippen molar-refractivity contribution in [1.29, 1.82) is 0 Å². The van der Waals surface area contributed by atoms with Crippen molar-refractivity contribution in [2.75, 3.05) is 6.54 Å². The minimum Gasteiger partial charge on any atom is -0.481 e. The molecule has 1 saturated heterocycles. The van der Waals surface area contributed by atoms with Crippen molar-refractivity contribution in [1.82, 2.24) is 9.88 Å². The van der Waals surface area contributed by atoms with Crippen LogP contribution < -0.4 is 0 Å². The number of aryl methyl sites for hydroxylation is 1. The zero-order valence-corrected chi connectivity index (χ0v) is 11.0. The fourth-order valence-corrected chi connectivity index (χ4v) is 2.46. The molecule has 0 bridgehead atoms. The van der Waals surface area contributed by atoms with E-state index in [2.05, 4.69) is 4.98 Å². The summed E-state index contributed by atoms with van der Waals surface area (Å²) in [5.74, 6) is -0.851. The van der Waals surface area contributed by atoms with Gasteiger partial charge in [-0.15, -0.1) is 0 Å². The average Bonchev–Trinajstić information content (AvgIpc) is 2.79. The number of aliphatic carboxylic acids is 1. The summed E-state index contributed by atoms with van der Waals surface area (Å²) in [7, 11) is 0. The topological polar surface area (TPSA) is 70.5 Å². The Bertz CT molecular complexity index is 470. The largest absolute Gasteiger partial charge is 0.481 e. The van der Waals surface area contributed by atoms with Gasteiger partial charge in [0.15, 0.2) is 0 Å². The van der Waals surface area contributed by atoms with Crippen molar-refractivity contribution in [2.24, 2.45) is 0 Å². The van der Waals surface area contributed by atoms with Crippen LogP contribution >= 0.6 is 0 Å². The maximum absolute atomic E-state index is 12.2. The summed E-state index contributed by atoms with van der Waals surface area (Å²) in [5.41, 5.74) is 1.79. The van der Waals surface area contributed by atoms with Gasteiger partial charge >= 0.3 is 5.97 Å². The number of carboxylic acids is 1. The van der Waals surface area contributed by atoms with Gasteiger partial charge in [0.25, 0.3) is 0 Å². The van der Waals surface area contributed by atoms with E-state index in [0.717, 1.165) is 24.1 Å². The van der Waals surface area contributed by atoms with Crippen molar-refractivity contribution in [3.8, 4) is 0 Å². The van der Waals surface area contributed by atoms with E-state index in [1.165, 1.54) is 0 Å². The number of carboxylic acid groups (broad SMARTS) is 1. The maximum Gasteiger partial charge on any atom is 0.305 e. The van der Waals surface area contributed by atoms with Crippen LogP contribution in [0, 0.1) is 6.92 Å². The normalized spacial score (nSPS) is 18.6. The average molecular weight is 262 g/mol. The molecule has 1 unspecified atom stereocenters. The van der Waals surface area contributed by atoms with Gasteiger partial charge in [0.2, 0.25) is 5.91 Å². The first-order valence-electron chi connectivity index (χ1n) is 6.49. The first kappa shape index (κ1) is 13.5. The molecule has 0 aliphatic carbocycles. The summed E-state index contributed by atoms with van der Waals surface area (Å²) >= 11 is 0. The Morgan fingerprint density at radius 3 is 2.89 bits per heavy atom. The van der Waals surface area contributed by atoms with Gasteiger partial charge in [-0.2, -0.15) is 0 Å². The zero-order chi connectivity index (χ0) is 13.8. The molecule has 19 heavy (non-hydrogen) atoms. The molecule has 2 heterocycles. The second-order valence-electron chi connectivity index (χ2n) is 4.97. The summed E-state index contributed by atoms with van der Waals surface area (Å²) in [6.07, 6.45) is 3.71. The monoisotopic (exact) mass is 262 g/mol. The number of nitrogens with zero attached hydrogens (tertiary/aromatic N) is 2. The third-order valence-corrected chi connectivity index (χ3v) is 3.44. The predicted octanol–water partition coefficient (Wildman–Crippen LogP) is 1.40. The van der Waals surface area contributed by atoms with Gasteiger partial charge in [-0.3, -0.25) is 14.6 Å². The van der Waals surface area contributed by atoms with E-state index in [4.69, 9.17) is 5.11 Å².